The van der Waals surface area contributed by atoms with Gasteiger partial charge in [0, 0.05) is 0 Å². The summed E-state index contributed by atoms with van der Waals surface area (Å²) in [5, 5.41) is 2.02. The number of fused-ring (bicyclic) bond motifs is 1. The Hall–Kier alpha value is -3.55. The second-order valence-corrected chi connectivity index (χ2v) is 10.8. The summed E-state index contributed by atoms with van der Waals surface area (Å²) >= 11 is 4.58. The highest BCUT2D eigenvalue weighted by Crippen LogP contribution is 2.40. The van der Waals surface area contributed by atoms with E-state index in [9.17, 15) is 9.59 Å². The zero-order chi connectivity index (χ0) is 26.6. The van der Waals surface area contributed by atoms with Crippen LogP contribution in [0.4, 0.5) is 4.79 Å². The predicted octanol–water partition coefficient (Wildman–Crippen LogP) is 8.12. The van der Waals surface area contributed by atoms with Crippen molar-refractivity contribution in [1.29, 1.82) is 0 Å². The predicted molar refractivity (Wildman–Crippen MR) is 156 cm³/mol. The van der Waals surface area contributed by atoms with E-state index in [-0.39, 0.29) is 17.7 Å². The Morgan fingerprint density at radius 3 is 2.55 bits per heavy atom. The molecule has 0 atom stereocenters. The minimum atomic E-state index is -0.299. The topological polar surface area (TPSA) is 55.8 Å². The number of rotatable bonds is 8. The lowest BCUT2D eigenvalue weighted by Gasteiger charge is -2.16. The van der Waals surface area contributed by atoms with E-state index in [0.29, 0.717) is 34.1 Å². The minimum Gasteiger partial charge on any atom is -0.490 e. The Balaban J connectivity index is 1.38. The van der Waals surface area contributed by atoms with Crippen molar-refractivity contribution in [3.63, 3.8) is 0 Å². The largest absolute Gasteiger partial charge is 0.490 e. The highest BCUT2D eigenvalue weighted by atomic mass is 79.9. The van der Waals surface area contributed by atoms with Gasteiger partial charge in [-0.3, -0.25) is 14.5 Å². The number of hydrogen-bond acceptors (Lipinski definition) is 5. The average Bonchev–Trinajstić information content (AvgIpc) is 3.15. The van der Waals surface area contributed by atoms with E-state index in [4.69, 9.17) is 9.47 Å². The molecule has 5 rings (SSSR count). The summed E-state index contributed by atoms with van der Waals surface area (Å²) in [5.41, 5.74) is 3.81. The molecule has 1 saturated heterocycles. The SMILES string of the molecule is CCOc1cc(/C=C2/SC(=O)N(Cc3cccc(C)c3)C2=O)cc(Br)c1OCc1cccc2ccccc12. The lowest BCUT2D eigenvalue weighted by molar-refractivity contribution is -0.123. The van der Waals surface area contributed by atoms with Gasteiger partial charge in [0.05, 0.1) is 22.5 Å². The zero-order valence-electron chi connectivity index (χ0n) is 21.1. The summed E-state index contributed by atoms with van der Waals surface area (Å²) in [5.74, 6) is 0.851. The molecule has 1 fully saturated rings. The summed E-state index contributed by atoms with van der Waals surface area (Å²) in [6, 6.07) is 25.9. The first kappa shape index (κ1) is 26.1. The van der Waals surface area contributed by atoms with Crippen LogP contribution < -0.4 is 9.47 Å². The van der Waals surface area contributed by atoms with E-state index in [0.717, 1.165) is 44.8 Å². The maximum absolute atomic E-state index is 13.1. The smallest absolute Gasteiger partial charge is 0.293 e. The quantitative estimate of drug-likeness (QED) is 0.195. The van der Waals surface area contributed by atoms with Gasteiger partial charge in [-0.25, -0.2) is 0 Å². The van der Waals surface area contributed by atoms with Crippen molar-refractivity contribution in [2.75, 3.05) is 6.61 Å². The zero-order valence-corrected chi connectivity index (χ0v) is 23.5. The molecule has 38 heavy (non-hydrogen) atoms. The van der Waals surface area contributed by atoms with Crippen LogP contribution in [-0.2, 0) is 17.9 Å². The maximum atomic E-state index is 13.1. The molecule has 0 unspecified atom stereocenters. The first-order chi connectivity index (χ1) is 18.4. The number of imide groups is 1. The Labute approximate surface area is 234 Å². The fourth-order valence-corrected chi connectivity index (χ4v) is 5.84. The minimum absolute atomic E-state index is 0.249. The van der Waals surface area contributed by atoms with Gasteiger partial charge < -0.3 is 9.47 Å². The normalized spacial score (nSPS) is 14.5. The van der Waals surface area contributed by atoms with Crippen molar-refractivity contribution in [2.45, 2.75) is 27.0 Å². The molecular formula is C31H26BrNO4S. The summed E-state index contributed by atoms with van der Waals surface area (Å²) in [4.78, 5) is 27.4. The van der Waals surface area contributed by atoms with Gasteiger partial charge in [0.25, 0.3) is 11.1 Å². The molecule has 0 N–H and O–H groups in total. The number of ether oxygens (including phenoxy) is 2. The molecule has 0 aromatic heterocycles. The molecule has 7 heteroatoms. The number of carbonyl (C=O) groups is 2. The van der Waals surface area contributed by atoms with Crippen LogP contribution in [0.1, 0.15) is 29.2 Å². The Morgan fingerprint density at radius 1 is 0.947 bits per heavy atom. The molecule has 0 saturated carbocycles. The van der Waals surface area contributed by atoms with Crippen molar-refractivity contribution in [3.8, 4) is 11.5 Å². The lowest BCUT2D eigenvalue weighted by Crippen LogP contribution is -2.27. The fraction of sp³-hybridized carbons (Fsp3) is 0.161. The van der Waals surface area contributed by atoms with Crippen LogP contribution in [-0.4, -0.2) is 22.7 Å². The van der Waals surface area contributed by atoms with Crippen LogP contribution in [0.2, 0.25) is 0 Å². The third-order valence-electron chi connectivity index (χ3n) is 6.18. The third-order valence-corrected chi connectivity index (χ3v) is 7.67. The van der Waals surface area contributed by atoms with Crippen molar-refractivity contribution in [3.05, 3.63) is 110 Å². The molecule has 0 bridgehead atoms. The highest BCUT2D eigenvalue weighted by Gasteiger charge is 2.35. The standard InChI is InChI=1S/C31H26BrNO4S/c1-3-36-27-16-22(17-28-30(34)33(31(35)38-28)18-21-9-6-8-20(2)14-21)15-26(32)29(27)37-19-24-12-7-11-23-10-4-5-13-25(23)24/h4-17H,3,18-19H2,1-2H3/b28-17+. The van der Waals surface area contributed by atoms with Crippen LogP contribution in [0, 0.1) is 6.92 Å². The molecule has 1 heterocycles. The number of benzene rings is 4. The van der Waals surface area contributed by atoms with E-state index in [1.807, 2.05) is 68.4 Å². The summed E-state index contributed by atoms with van der Waals surface area (Å²) in [6.07, 6.45) is 1.73. The molecule has 2 amide bonds. The Kier molecular flexibility index (Phi) is 7.86. The number of aryl methyl sites for hydroxylation is 1. The van der Waals surface area contributed by atoms with Crippen LogP contribution in [0.5, 0.6) is 11.5 Å². The fourth-order valence-electron chi connectivity index (χ4n) is 4.42. The Morgan fingerprint density at radius 2 is 1.74 bits per heavy atom. The molecule has 0 radical (unpaired) electrons. The number of halogens is 1. The molecular weight excluding hydrogens is 562 g/mol. The molecule has 1 aliphatic heterocycles. The van der Waals surface area contributed by atoms with Gasteiger partial charge >= 0.3 is 0 Å². The van der Waals surface area contributed by atoms with Gasteiger partial charge in [0.2, 0.25) is 0 Å². The van der Waals surface area contributed by atoms with Crippen molar-refractivity contribution in [2.24, 2.45) is 0 Å². The van der Waals surface area contributed by atoms with Gasteiger partial charge in [0.1, 0.15) is 6.61 Å². The van der Waals surface area contributed by atoms with Crippen LogP contribution in [0.15, 0.2) is 88.2 Å². The molecule has 192 valence electrons. The summed E-state index contributed by atoms with van der Waals surface area (Å²) in [7, 11) is 0. The molecule has 4 aromatic rings. The number of hydrogen-bond donors (Lipinski definition) is 0. The van der Waals surface area contributed by atoms with E-state index in [1.165, 1.54) is 4.90 Å². The lowest BCUT2D eigenvalue weighted by atomic mass is 10.1. The summed E-state index contributed by atoms with van der Waals surface area (Å²) < 4.78 is 12.9. The second-order valence-electron chi connectivity index (χ2n) is 8.95. The second kappa shape index (κ2) is 11.5. The van der Waals surface area contributed by atoms with Gasteiger partial charge in [0.15, 0.2) is 11.5 Å². The maximum Gasteiger partial charge on any atom is 0.293 e. The first-order valence-electron chi connectivity index (χ1n) is 12.3. The molecule has 0 aliphatic carbocycles. The summed E-state index contributed by atoms with van der Waals surface area (Å²) in [6.45, 7) is 4.97. The average molecular weight is 589 g/mol. The van der Waals surface area contributed by atoms with Crippen LogP contribution in [0.25, 0.3) is 16.8 Å². The molecule has 5 nitrogen and oxygen atoms in total. The molecule has 4 aromatic carbocycles. The third kappa shape index (κ3) is 5.64. The van der Waals surface area contributed by atoms with Gasteiger partial charge in [-0.1, -0.05) is 72.3 Å². The van der Waals surface area contributed by atoms with E-state index in [1.54, 1.807) is 6.08 Å². The number of nitrogens with zero attached hydrogens (tertiary/aromatic N) is 1. The van der Waals surface area contributed by atoms with E-state index >= 15 is 0 Å². The van der Waals surface area contributed by atoms with Crippen LogP contribution >= 0.6 is 27.7 Å². The first-order valence-corrected chi connectivity index (χ1v) is 13.9. The number of carbonyl (C=O) groups excluding carboxylic acids is 2. The number of amides is 2. The van der Waals surface area contributed by atoms with Crippen LogP contribution in [0.3, 0.4) is 0 Å². The Bertz CT molecular complexity index is 1560. The van der Waals surface area contributed by atoms with Gasteiger partial charge in [-0.15, -0.1) is 0 Å². The monoisotopic (exact) mass is 587 g/mol. The van der Waals surface area contributed by atoms with E-state index < -0.39 is 0 Å². The van der Waals surface area contributed by atoms with Gasteiger partial charge in [-0.2, -0.15) is 0 Å². The van der Waals surface area contributed by atoms with Crippen molar-refractivity contribution < 1.29 is 19.1 Å². The molecule has 0 spiro atoms. The van der Waals surface area contributed by atoms with Crippen molar-refractivity contribution >= 4 is 55.7 Å². The van der Waals surface area contributed by atoms with Crippen molar-refractivity contribution in [1.82, 2.24) is 4.90 Å². The molecule has 1 aliphatic rings. The van der Waals surface area contributed by atoms with Gasteiger partial charge in [-0.05, 0) is 87.2 Å². The highest BCUT2D eigenvalue weighted by molar-refractivity contribution is 9.10. The van der Waals surface area contributed by atoms with E-state index in [2.05, 4.69) is 40.2 Å². The number of thioether (sulfide) groups is 1.